The minimum Gasteiger partial charge on any atom is -0.469 e. The lowest BCUT2D eigenvalue weighted by Gasteiger charge is -2.10. The van der Waals surface area contributed by atoms with Crippen molar-refractivity contribution in [3.05, 3.63) is 24.2 Å². The molecule has 1 amide bonds. The molecule has 1 rings (SSSR count). The third kappa shape index (κ3) is 3.78. The highest BCUT2D eigenvalue weighted by Gasteiger charge is 2.04. The van der Waals surface area contributed by atoms with Crippen LogP contribution in [-0.2, 0) is 11.2 Å². The Morgan fingerprint density at radius 3 is 3.00 bits per heavy atom. The molecule has 0 unspecified atom stereocenters. The number of furan rings is 1. The molecular weight excluding hydrogens is 166 g/mol. The van der Waals surface area contributed by atoms with Crippen molar-refractivity contribution in [3.8, 4) is 0 Å². The number of hydrogen-bond acceptors (Lipinski definition) is 2. The SMILES string of the molecule is CC(=O)N[C@H](C)CCc1ccco1. The van der Waals surface area contributed by atoms with Gasteiger partial charge in [-0.05, 0) is 25.5 Å². The van der Waals surface area contributed by atoms with Crippen molar-refractivity contribution in [1.82, 2.24) is 5.32 Å². The molecule has 72 valence electrons. The minimum absolute atomic E-state index is 0.0203. The van der Waals surface area contributed by atoms with E-state index in [2.05, 4.69) is 5.32 Å². The molecule has 0 aliphatic rings. The molecule has 0 bridgehead atoms. The smallest absolute Gasteiger partial charge is 0.217 e. The Labute approximate surface area is 78.1 Å². The second-order valence-electron chi connectivity index (χ2n) is 3.22. The van der Waals surface area contributed by atoms with Crippen LogP contribution in [0, 0.1) is 0 Å². The average Bonchev–Trinajstić information content (AvgIpc) is 2.51. The van der Waals surface area contributed by atoms with Crippen LogP contribution in [0.1, 0.15) is 26.0 Å². The van der Waals surface area contributed by atoms with E-state index in [0.29, 0.717) is 0 Å². The van der Waals surface area contributed by atoms with Gasteiger partial charge in [-0.15, -0.1) is 0 Å². The molecule has 0 saturated carbocycles. The summed E-state index contributed by atoms with van der Waals surface area (Å²) < 4.78 is 5.18. The number of aryl methyl sites for hydroxylation is 1. The van der Waals surface area contributed by atoms with E-state index in [9.17, 15) is 4.79 Å². The topological polar surface area (TPSA) is 42.2 Å². The molecule has 3 nitrogen and oxygen atoms in total. The van der Waals surface area contributed by atoms with E-state index in [-0.39, 0.29) is 11.9 Å². The fraction of sp³-hybridized carbons (Fsp3) is 0.500. The fourth-order valence-corrected chi connectivity index (χ4v) is 1.23. The van der Waals surface area contributed by atoms with Crippen LogP contribution in [0.4, 0.5) is 0 Å². The summed E-state index contributed by atoms with van der Waals surface area (Å²) in [5.74, 6) is 0.990. The van der Waals surface area contributed by atoms with Crippen molar-refractivity contribution in [2.45, 2.75) is 32.7 Å². The van der Waals surface area contributed by atoms with Gasteiger partial charge in [-0.2, -0.15) is 0 Å². The van der Waals surface area contributed by atoms with Gasteiger partial charge in [0.2, 0.25) is 5.91 Å². The van der Waals surface area contributed by atoms with Crippen molar-refractivity contribution < 1.29 is 9.21 Å². The van der Waals surface area contributed by atoms with Crippen molar-refractivity contribution in [2.24, 2.45) is 0 Å². The predicted octanol–water partition coefficient (Wildman–Crippen LogP) is 1.74. The number of hydrogen-bond donors (Lipinski definition) is 1. The Hall–Kier alpha value is -1.25. The molecule has 1 atom stereocenters. The van der Waals surface area contributed by atoms with Gasteiger partial charge < -0.3 is 9.73 Å². The summed E-state index contributed by atoms with van der Waals surface area (Å²) in [6.07, 6.45) is 3.44. The van der Waals surface area contributed by atoms with Gasteiger partial charge in [-0.3, -0.25) is 4.79 Å². The first-order valence-electron chi connectivity index (χ1n) is 4.48. The van der Waals surface area contributed by atoms with Crippen LogP contribution in [0.5, 0.6) is 0 Å². The zero-order valence-corrected chi connectivity index (χ0v) is 8.04. The summed E-state index contributed by atoms with van der Waals surface area (Å²) in [7, 11) is 0. The number of carbonyl (C=O) groups excluding carboxylic acids is 1. The Bertz CT molecular complexity index is 254. The third-order valence-corrected chi connectivity index (χ3v) is 1.85. The molecule has 0 aromatic carbocycles. The maximum atomic E-state index is 10.7. The van der Waals surface area contributed by atoms with E-state index in [1.807, 2.05) is 19.1 Å². The maximum absolute atomic E-state index is 10.7. The lowest BCUT2D eigenvalue weighted by Crippen LogP contribution is -2.30. The van der Waals surface area contributed by atoms with E-state index < -0.39 is 0 Å². The van der Waals surface area contributed by atoms with Crippen LogP contribution >= 0.6 is 0 Å². The minimum atomic E-state index is 0.0203. The van der Waals surface area contributed by atoms with E-state index in [0.717, 1.165) is 18.6 Å². The van der Waals surface area contributed by atoms with Gasteiger partial charge in [0.1, 0.15) is 5.76 Å². The summed E-state index contributed by atoms with van der Waals surface area (Å²) in [5.41, 5.74) is 0. The molecule has 0 spiro atoms. The molecule has 0 aliphatic heterocycles. The van der Waals surface area contributed by atoms with Gasteiger partial charge in [0, 0.05) is 19.4 Å². The quantitative estimate of drug-likeness (QED) is 0.768. The summed E-state index contributed by atoms with van der Waals surface area (Å²) in [4.78, 5) is 10.7. The molecule has 0 saturated heterocycles. The normalized spacial score (nSPS) is 12.5. The molecule has 0 radical (unpaired) electrons. The fourth-order valence-electron chi connectivity index (χ4n) is 1.23. The van der Waals surface area contributed by atoms with Gasteiger partial charge in [0.25, 0.3) is 0 Å². The highest BCUT2D eigenvalue weighted by Crippen LogP contribution is 2.05. The Morgan fingerprint density at radius 2 is 2.46 bits per heavy atom. The summed E-state index contributed by atoms with van der Waals surface area (Å²) in [6, 6.07) is 4.03. The molecule has 1 aromatic rings. The molecule has 1 heterocycles. The highest BCUT2D eigenvalue weighted by atomic mass is 16.3. The van der Waals surface area contributed by atoms with Crippen molar-refractivity contribution in [1.29, 1.82) is 0 Å². The van der Waals surface area contributed by atoms with Gasteiger partial charge in [0.15, 0.2) is 0 Å². The predicted molar refractivity (Wildman–Crippen MR) is 50.3 cm³/mol. The van der Waals surface area contributed by atoms with Crippen molar-refractivity contribution >= 4 is 5.91 Å². The molecule has 0 aliphatic carbocycles. The zero-order chi connectivity index (χ0) is 9.68. The summed E-state index contributed by atoms with van der Waals surface area (Å²) >= 11 is 0. The molecular formula is C10H15NO2. The standard InChI is InChI=1S/C10H15NO2/c1-8(11-9(2)12)5-6-10-4-3-7-13-10/h3-4,7-8H,5-6H2,1-2H3,(H,11,12)/t8-/m1/s1. The summed E-state index contributed by atoms with van der Waals surface area (Å²) in [6.45, 7) is 3.52. The van der Waals surface area contributed by atoms with Crippen molar-refractivity contribution in [3.63, 3.8) is 0 Å². The number of nitrogens with one attached hydrogen (secondary N) is 1. The molecule has 1 N–H and O–H groups in total. The van der Waals surface area contributed by atoms with Crippen LogP contribution in [0.2, 0.25) is 0 Å². The number of amides is 1. The largest absolute Gasteiger partial charge is 0.469 e. The van der Waals surface area contributed by atoms with Crippen LogP contribution < -0.4 is 5.32 Å². The van der Waals surface area contributed by atoms with Crippen LogP contribution in [0.25, 0.3) is 0 Å². The lowest BCUT2D eigenvalue weighted by molar-refractivity contribution is -0.119. The van der Waals surface area contributed by atoms with Crippen LogP contribution in [-0.4, -0.2) is 11.9 Å². The summed E-state index contributed by atoms with van der Waals surface area (Å²) in [5, 5.41) is 2.82. The first kappa shape index (κ1) is 9.84. The van der Waals surface area contributed by atoms with Gasteiger partial charge in [-0.1, -0.05) is 0 Å². The molecule has 3 heteroatoms. The Morgan fingerprint density at radius 1 is 1.69 bits per heavy atom. The van der Waals surface area contributed by atoms with E-state index in [1.165, 1.54) is 6.92 Å². The Kier molecular flexibility index (Phi) is 3.55. The zero-order valence-electron chi connectivity index (χ0n) is 8.04. The molecule has 0 fully saturated rings. The monoisotopic (exact) mass is 181 g/mol. The number of carbonyl (C=O) groups is 1. The molecule has 1 aromatic heterocycles. The van der Waals surface area contributed by atoms with Gasteiger partial charge in [-0.25, -0.2) is 0 Å². The van der Waals surface area contributed by atoms with Gasteiger partial charge >= 0.3 is 0 Å². The third-order valence-electron chi connectivity index (χ3n) is 1.85. The van der Waals surface area contributed by atoms with Crippen LogP contribution in [0.15, 0.2) is 22.8 Å². The first-order valence-corrected chi connectivity index (χ1v) is 4.48. The average molecular weight is 181 g/mol. The second-order valence-corrected chi connectivity index (χ2v) is 3.22. The number of rotatable bonds is 4. The van der Waals surface area contributed by atoms with E-state index >= 15 is 0 Å². The lowest BCUT2D eigenvalue weighted by atomic mass is 10.1. The van der Waals surface area contributed by atoms with Crippen LogP contribution in [0.3, 0.4) is 0 Å². The van der Waals surface area contributed by atoms with E-state index in [4.69, 9.17) is 4.42 Å². The first-order chi connectivity index (χ1) is 6.18. The van der Waals surface area contributed by atoms with Gasteiger partial charge in [0.05, 0.1) is 6.26 Å². The molecule has 13 heavy (non-hydrogen) atoms. The Balaban J connectivity index is 2.22. The second kappa shape index (κ2) is 4.70. The maximum Gasteiger partial charge on any atom is 0.217 e. The van der Waals surface area contributed by atoms with E-state index in [1.54, 1.807) is 6.26 Å². The van der Waals surface area contributed by atoms with Crippen molar-refractivity contribution in [2.75, 3.05) is 0 Å². The highest BCUT2D eigenvalue weighted by molar-refractivity contribution is 5.73.